The number of rotatable bonds is 7. The highest BCUT2D eigenvalue weighted by Gasteiger charge is 2.30. The summed E-state index contributed by atoms with van der Waals surface area (Å²) in [6.45, 7) is 1.41. The van der Waals surface area contributed by atoms with Gasteiger partial charge in [0, 0.05) is 11.1 Å². The minimum Gasteiger partial charge on any atom is -0.495 e. The Labute approximate surface area is 193 Å². The summed E-state index contributed by atoms with van der Waals surface area (Å²) in [5.74, 6) is -0.235. The third-order valence-electron chi connectivity index (χ3n) is 5.28. The number of carbonyl (C=O) groups excluding carboxylic acids is 1. The van der Waals surface area contributed by atoms with Gasteiger partial charge in [-0.05, 0) is 48.2 Å². The molecule has 0 aliphatic heterocycles. The Morgan fingerprint density at radius 2 is 1.61 bits per heavy atom. The zero-order chi connectivity index (χ0) is 23.4. The number of nitrogens with one attached hydrogen (secondary N) is 1. The number of methoxy groups -OCH3 is 1. The van der Waals surface area contributed by atoms with Crippen LogP contribution in [0.3, 0.4) is 0 Å². The molecule has 0 saturated heterocycles. The standard InChI is InChI=1S/C26H24N2O4S/c1-19-15-16-24(32-2)25(17-19)33(30,31)28(21-11-4-3-5-12-21)18-26(29)27-23-14-8-10-20-9-6-7-13-22(20)23/h3-17H,18H2,1-2H3,(H,27,29). The number of sulfonamides is 1. The van der Waals surface area contributed by atoms with Crippen molar-refractivity contribution in [1.29, 1.82) is 0 Å². The van der Waals surface area contributed by atoms with Crippen molar-refractivity contribution in [2.75, 3.05) is 23.3 Å². The molecule has 0 saturated carbocycles. The molecule has 0 heterocycles. The third kappa shape index (κ3) is 4.68. The maximum atomic E-state index is 13.7. The molecule has 168 valence electrons. The molecule has 0 bridgehead atoms. The Morgan fingerprint density at radius 3 is 2.36 bits per heavy atom. The number of aryl methyl sites for hydroxylation is 1. The fraction of sp³-hybridized carbons (Fsp3) is 0.115. The van der Waals surface area contributed by atoms with Crippen LogP contribution < -0.4 is 14.4 Å². The van der Waals surface area contributed by atoms with Gasteiger partial charge in [-0.2, -0.15) is 0 Å². The van der Waals surface area contributed by atoms with E-state index in [0.717, 1.165) is 20.6 Å². The predicted molar refractivity (Wildman–Crippen MR) is 131 cm³/mol. The van der Waals surface area contributed by atoms with E-state index in [9.17, 15) is 13.2 Å². The van der Waals surface area contributed by atoms with E-state index in [0.29, 0.717) is 11.4 Å². The number of anilines is 2. The fourth-order valence-electron chi connectivity index (χ4n) is 3.67. The summed E-state index contributed by atoms with van der Waals surface area (Å²) in [6, 6.07) is 26.8. The Balaban J connectivity index is 1.71. The average molecular weight is 461 g/mol. The summed E-state index contributed by atoms with van der Waals surface area (Å²) in [5.41, 5.74) is 1.77. The summed E-state index contributed by atoms with van der Waals surface area (Å²) in [4.78, 5) is 13.1. The monoisotopic (exact) mass is 460 g/mol. The van der Waals surface area contributed by atoms with Crippen LogP contribution in [0.2, 0.25) is 0 Å². The molecule has 7 heteroatoms. The molecule has 6 nitrogen and oxygen atoms in total. The summed E-state index contributed by atoms with van der Waals surface area (Å²) in [6.07, 6.45) is 0. The van der Waals surface area contributed by atoms with Gasteiger partial charge in [-0.15, -0.1) is 0 Å². The molecule has 4 aromatic rings. The van der Waals surface area contributed by atoms with E-state index in [4.69, 9.17) is 4.74 Å². The van der Waals surface area contributed by atoms with Crippen molar-refractivity contribution < 1.29 is 17.9 Å². The first-order valence-corrected chi connectivity index (χ1v) is 11.8. The number of benzene rings is 4. The zero-order valence-electron chi connectivity index (χ0n) is 18.4. The number of hydrogen-bond acceptors (Lipinski definition) is 4. The first kappa shape index (κ1) is 22.4. The maximum absolute atomic E-state index is 13.7. The number of hydrogen-bond donors (Lipinski definition) is 1. The summed E-state index contributed by atoms with van der Waals surface area (Å²) < 4.78 is 33.9. The van der Waals surface area contributed by atoms with Gasteiger partial charge in [0.15, 0.2) is 0 Å². The highest BCUT2D eigenvalue weighted by molar-refractivity contribution is 7.93. The van der Waals surface area contributed by atoms with Gasteiger partial charge in [-0.25, -0.2) is 8.42 Å². The molecule has 1 N–H and O–H groups in total. The molecule has 0 aromatic heterocycles. The molecule has 4 aromatic carbocycles. The van der Waals surface area contributed by atoms with Crippen LogP contribution in [0.25, 0.3) is 10.8 Å². The van der Waals surface area contributed by atoms with E-state index >= 15 is 0 Å². The van der Waals surface area contributed by atoms with Gasteiger partial charge in [0.05, 0.1) is 12.8 Å². The second kappa shape index (κ2) is 9.34. The van der Waals surface area contributed by atoms with Gasteiger partial charge < -0.3 is 10.1 Å². The van der Waals surface area contributed by atoms with Gasteiger partial charge in [-0.1, -0.05) is 60.7 Å². The Hall–Kier alpha value is -3.84. The molecule has 4 rings (SSSR count). The Kier molecular flexibility index (Phi) is 6.33. The summed E-state index contributed by atoms with van der Waals surface area (Å²) >= 11 is 0. The Bertz CT molecular complexity index is 1400. The van der Waals surface area contributed by atoms with E-state index in [1.165, 1.54) is 7.11 Å². The average Bonchev–Trinajstić information content (AvgIpc) is 2.83. The van der Waals surface area contributed by atoms with Crippen molar-refractivity contribution >= 4 is 38.1 Å². The molecular formula is C26H24N2O4S. The minimum atomic E-state index is -4.10. The zero-order valence-corrected chi connectivity index (χ0v) is 19.2. The number of carbonyl (C=O) groups is 1. The third-order valence-corrected chi connectivity index (χ3v) is 7.08. The van der Waals surface area contributed by atoms with Crippen molar-refractivity contribution in [3.63, 3.8) is 0 Å². The van der Waals surface area contributed by atoms with E-state index in [-0.39, 0.29) is 10.6 Å². The molecule has 33 heavy (non-hydrogen) atoms. The SMILES string of the molecule is COc1ccc(C)cc1S(=O)(=O)N(CC(=O)Nc1cccc2ccccc12)c1ccccc1. The molecule has 0 atom stereocenters. The summed E-state index contributed by atoms with van der Waals surface area (Å²) in [7, 11) is -2.68. The van der Waals surface area contributed by atoms with E-state index in [2.05, 4.69) is 5.32 Å². The summed E-state index contributed by atoms with van der Waals surface area (Å²) in [5, 5.41) is 4.73. The van der Waals surface area contributed by atoms with E-state index < -0.39 is 22.5 Å². The maximum Gasteiger partial charge on any atom is 0.268 e. The van der Waals surface area contributed by atoms with Gasteiger partial charge in [0.1, 0.15) is 17.2 Å². The van der Waals surface area contributed by atoms with Crippen LogP contribution in [-0.2, 0) is 14.8 Å². The molecule has 0 aliphatic rings. The van der Waals surface area contributed by atoms with Gasteiger partial charge in [0.2, 0.25) is 5.91 Å². The lowest BCUT2D eigenvalue weighted by atomic mass is 10.1. The highest BCUT2D eigenvalue weighted by atomic mass is 32.2. The second-order valence-corrected chi connectivity index (χ2v) is 9.41. The number of para-hydroxylation sites is 1. The van der Waals surface area contributed by atoms with Crippen LogP contribution in [0, 0.1) is 6.92 Å². The molecular weight excluding hydrogens is 436 g/mol. The lowest BCUT2D eigenvalue weighted by Crippen LogP contribution is -2.38. The largest absolute Gasteiger partial charge is 0.495 e. The van der Waals surface area contributed by atoms with Gasteiger partial charge >= 0.3 is 0 Å². The van der Waals surface area contributed by atoms with Gasteiger partial charge in [-0.3, -0.25) is 9.10 Å². The Morgan fingerprint density at radius 1 is 0.909 bits per heavy atom. The highest BCUT2D eigenvalue weighted by Crippen LogP contribution is 2.31. The predicted octanol–water partition coefficient (Wildman–Crippen LogP) is 4.99. The van der Waals surface area contributed by atoms with Gasteiger partial charge in [0.25, 0.3) is 10.0 Å². The number of amides is 1. The molecule has 0 spiro atoms. The normalized spacial score (nSPS) is 11.2. The molecule has 1 amide bonds. The van der Waals surface area contributed by atoms with Crippen LogP contribution in [0.15, 0.2) is 95.9 Å². The number of nitrogens with zero attached hydrogens (tertiary/aromatic N) is 1. The topological polar surface area (TPSA) is 75.7 Å². The quantitative estimate of drug-likeness (QED) is 0.422. The van der Waals surface area contributed by atoms with Crippen LogP contribution in [0.4, 0.5) is 11.4 Å². The molecule has 0 unspecified atom stereocenters. The van der Waals surface area contributed by atoms with Crippen molar-refractivity contribution in [2.45, 2.75) is 11.8 Å². The number of fused-ring (bicyclic) bond motifs is 1. The second-order valence-electron chi connectivity index (χ2n) is 7.58. The van der Waals surface area contributed by atoms with E-state index in [1.807, 2.05) is 36.4 Å². The molecule has 0 radical (unpaired) electrons. The van der Waals surface area contributed by atoms with Crippen molar-refractivity contribution in [2.24, 2.45) is 0 Å². The van der Waals surface area contributed by atoms with Crippen LogP contribution in [0.1, 0.15) is 5.56 Å². The van der Waals surface area contributed by atoms with Crippen molar-refractivity contribution in [3.05, 3.63) is 96.6 Å². The lowest BCUT2D eigenvalue weighted by molar-refractivity contribution is -0.114. The molecule has 0 aliphatic carbocycles. The lowest BCUT2D eigenvalue weighted by Gasteiger charge is -2.25. The van der Waals surface area contributed by atoms with Crippen LogP contribution >= 0.6 is 0 Å². The first-order chi connectivity index (χ1) is 15.9. The van der Waals surface area contributed by atoms with Crippen molar-refractivity contribution in [1.82, 2.24) is 0 Å². The van der Waals surface area contributed by atoms with Crippen molar-refractivity contribution in [3.8, 4) is 5.75 Å². The van der Waals surface area contributed by atoms with Crippen LogP contribution in [-0.4, -0.2) is 28.0 Å². The first-order valence-electron chi connectivity index (χ1n) is 10.4. The minimum absolute atomic E-state index is 0.00631. The van der Waals surface area contributed by atoms with Crippen LogP contribution in [0.5, 0.6) is 5.75 Å². The smallest absolute Gasteiger partial charge is 0.268 e. The molecule has 0 fully saturated rings. The van der Waals surface area contributed by atoms with E-state index in [1.54, 1.807) is 61.5 Å². The fourth-order valence-corrected chi connectivity index (χ4v) is 5.33. The number of ether oxygens (including phenoxy) is 1.